The van der Waals surface area contributed by atoms with Crippen LogP contribution in [0.1, 0.15) is 43.2 Å². The van der Waals surface area contributed by atoms with Crippen LogP contribution in [0.15, 0.2) is 59.6 Å². The third-order valence-corrected chi connectivity index (χ3v) is 6.79. The number of guanidine groups is 1. The number of aliphatic carboxylic acids is 1. The van der Waals surface area contributed by atoms with E-state index in [2.05, 4.69) is 20.9 Å². The summed E-state index contributed by atoms with van der Waals surface area (Å²) in [5.41, 5.74) is 23.7. The number of unbranched alkanes of at least 4 members (excludes halogenated alkanes) is 1. The van der Waals surface area contributed by atoms with Gasteiger partial charge < -0.3 is 49.1 Å². The first-order valence-electron chi connectivity index (χ1n) is 14.5. The van der Waals surface area contributed by atoms with Crippen LogP contribution in [0.25, 0.3) is 0 Å². The third kappa shape index (κ3) is 13.1. The van der Waals surface area contributed by atoms with Crippen molar-refractivity contribution in [3.8, 4) is 5.75 Å². The molecule has 4 atom stereocenters. The zero-order valence-corrected chi connectivity index (χ0v) is 24.7. The fraction of sp³-hybridized carbons (Fsp3) is 0.433. The molecule has 240 valence electrons. The van der Waals surface area contributed by atoms with Gasteiger partial charge in [0.25, 0.3) is 0 Å². The number of hydrogen-bond acceptors (Lipinski definition) is 8. The van der Waals surface area contributed by atoms with Crippen molar-refractivity contribution in [2.45, 2.75) is 69.1 Å². The molecule has 0 radical (unpaired) electrons. The number of carboxylic acids is 1. The van der Waals surface area contributed by atoms with Crippen molar-refractivity contribution < 1.29 is 29.4 Å². The quantitative estimate of drug-likeness (QED) is 0.0543. The Morgan fingerprint density at radius 3 is 1.91 bits per heavy atom. The number of aliphatic imine (C=N–C) groups is 1. The van der Waals surface area contributed by atoms with E-state index in [1.54, 1.807) is 42.5 Å². The molecule has 0 aliphatic carbocycles. The van der Waals surface area contributed by atoms with Crippen molar-refractivity contribution in [1.29, 1.82) is 0 Å². The predicted octanol–water partition coefficient (Wildman–Crippen LogP) is -0.774. The molecule has 13 N–H and O–H groups in total. The molecule has 0 spiro atoms. The van der Waals surface area contributed by atoms with Crippen molar-refractivity contribution in [2.24, 2.45) is 27.9 Å². The van der Waals surface area contributed by atoms with E-state index in [9.17, 15) is 29.4 Å². The molecule has 0 heterocycles. The van der Waals surface area contributed by atoms with E-state index in [1.807, 2.05) is 0 Å². The number of nitrogens with one attached hydrogen (secondary N) is 3. The molecule has 14 heteroatoms. The van der Waals surface area contributed by atoms with E-state index >= 15 is 0 Å². The molecule has 14 nitrogen and oxygen atoms in total. The molecule has 0 saturated heterocycles. The van der Waals surface area contributed by atoms with Crippen LogP contribution in [0.2, 0.25) is 0 Å². The highest BCUT2D eigenvalue weighted by atomic mass is 16.4. The number of carbonyl (C=O) groups excluding carboxylic acids is 3. The van der Waals surface area contributed by atoms with Crippen LogP contribution in [-0.4, -0.2) is 77.1 Å². The van der Waals surface area contributed by atoms with Gasteiger partial charge in [-0.25, -0.2) is 4.79 Å². The summed E-state index contributed by atoms with van der Waals surface area (Å²) in [6.07, 6.45) is 2.01. The Bertz CT molecular complexity index is 1240. The number of carboxylic acid groups (broad SMARTS) is 1. The van der Waals surface area contributed by atoms with Gasteiger partial charge in [0.1, 0.15) is 23.9 Å². The summed E-state index contributed by atoms with van der Waals surface area (Å²) in [7, 11) is 0. The van der Waals surface area contributed by atoms with Crippen LogP contribution < -0.4 is 38.9 Å². The lowest BCUT2D eigenvalue weighted by atomic mass is 10.0. The SMILES string of the molecule is NCCCC[C@H](NC(=O)[C@H](Cc1ccc(O)cc1)NC(=O)[C@H](N)CCCN=C(N)N)C(=O)N[C@@H](Cc1ccccc1)C(=O)O. The van der Waals surface area contributed by atoms with E-state index in [4.69, 9.17) is 22.9 Å². The monoisotopic (exact) mass is 612 g/mol. The first-order chi connectivity index (χ1) is 21.0. The normalized spacial score (nSPS) is 13.5. The first kappa shape index (κ1) is 35.5. The third-order valence-electron chi connectivity index (χ3n) is 6.79. The predicted molar refractivity (Wildman–Crippen MR) is 166 cm³/mol. The van der Waals surface area contributed by atoms with Gasteiger partial charge >= 0.3 is 5.97 Å². The number of rotatable bonds is 19. The molecule has 0 aliphatic rings. The maximum absolute atomic E-state index is 13.6. The highest BCUT2D eigenvalue weighted by Gasteiger charge is 2.30. The van der Waals surface area contributed by atoms with Crippen LogP contribution in [-0.2, 0) is 32.0 Å². The largest absolute Gasteiger partial charge is 0.508 e. The Morgan fingerprint density at radius 1 is 0.727 bits per heavy atom. The van der Waals surface area contributed by atoms with Gasteiger partial charge in [0.2, 0.25) is 17.7 Å². The maximum atomic E-state index is 13.6. The molecule has 3 amide bonds. The summed E-state index contributed by atoms with van der Waals surface area (Å²) >= 11 is 0. The Kier molecular flexibility index (Phi) is 15.1. The summed E-state index contributed by atoms with van der Waals surface area (Å²) < 4.78 is 0. The Morgan fingerprint density at radius 2 is 1.30 bits per heavy atom. The summed E-state index contributed by atoms with van der Waals surface area (Å²) in [6.45, 7) is 0.649. The minimum absolute atomic E-state index is 0.0292. The molecule has 0 aromatic heterocycles. The molecule has 0 aliphatic heterocycles. The molecule has 0 saturated carbocycles. The number of phenolic OH excluding ortho intramolecular Hbond substituents is 1. The van der Waals surface area contributed by atoms with E-state index in [-0.39, 0.29) is 43.9 Å². The number of amides is 3. The fourth-order valence-electron chi connectivity index (χ4n) is 4.36. The van der Waals surface area contributed by atoms with Crippen molar-refractivity contribution >= 4 is 29.7 Å². The van der Waals surface area contributed by atoms with Crippen molar-refractivity contribution in [3.05, 3.63) is 65.7 Å². The summed E-state index contributed by atoms with van der Waals surface area (Å²) in [5, 5.41) is 27.3. The zero-order chi connectivity index (χ0) is 32.5. The molecule has 2 aromatic carbocycles. The number of hydrogen-bond donors (Lipinski definition) is 9. The molecule has 0 unspecified atom stereocenters. The minimum Gasteiger partial charge on any atom is -0.508 e. The van der Waals surface area contributed by atoms with Gasteiger partial charge in [-0.1, -0.05) is 42.5 Å². The Labute approximate surface area is 256 Å². The van der Waals surface area contributed by atoms with Crippen LogP contribution in [0.3, 0.4) is 0 Å². The van der Waals surface area contributed by atoms with Gasteiger partial charge in [-0.3, -0.25) is 19.4 Å². The fourth-order valence-corrected chi connectivity index (χ4v) is 4.36. The highest BCUT2D eigenvalue weighted by Crippen LogP contribution is 2.13. The minimum atomic E-state index is -1.23. The first-order valence-corrected chi connectivity index (χ1v) is 14.5. The summed E-state index contributed by atoms with van der Waals surface area (Å²) in [6, 6.07) is 10.5. The number of benzene rings is 2. The maximum Gasteiger partial charge on any atom is 0.326 e. The van der Waals surface area contributed by atoms with E-state index in [0.29, 0.717) is 31.4 Å². The van der Waals surface area contributed by atoms with Gasteiger partial charge in [0.05, 0.1) is 6.04 Å². The van der Waals surface area contributed by atoms with Crippen molar-refractivity contribution in [2.75, 3.05) is 13.1 Å². The summed E-state index contributed by atoms with van der Waals surface area (Å²) in [5.74, 6) is -3.20. The topological polar surface area (TPSA) is 261 Å². The van der Waals surface area contributed by atoms with Gasteiger partial charge in [0.15, 0.2) is 5.96 Å². The lowest BCUT2D eigenvalue weighted by Gasteiger charge is -2.25. The van der Waals surface area contributed by atoms with E-state index in [0.717, 1.165) is 5.56 Å². The number of nitrogens with two attached hydrogens (primary N) is 4. The lowest BCUT2D eigenvalue weighted by molar-refractivity contribution is -0.142. The zero-order valence-electron chi connectivity index (χ0n) is 24.7. The van der Waals surface area contributed by atoms with Crippen LogP contribution in [0.5, 0.6) is 5.75 Å². The van der Waals surface area contributed by atoms with Gasteiger partial charge in [0, 0.05) is 19.4 Å². The second-order valence-corrected chi connectivity index (χ2v) is 10.4. The average molecular weight is 613 g/mol. The number of aromatic hydroxyl groups is 1. The van der Waals surface area contributed by atoms with Gasteiger partial charge in [-0.05, 0) is 61.9 Å². The van der Waals surface area contributed by atoms with Crippen LogP contribution >= 0.6 is 0 Å². The van der Waals surface area contributed by atoms with Gasteiger partial charge in [-0.2, -0.15) is 0 Å². The van der Waals surface area contributed by atoms with Crippen molar-refractivity contribution in [1.82, 2.24) is 16.0 Å². The van der Waals surface area contributed by atoms with Crippen molar-refractivity contribution in [3.63, 3.8) is 0 Å². The molecule has 2 rings (SSSR count). The molecule has 2 aromatic rings. The van der Waals surface area contributed by atoms with E-state index < -0.39 is 47.9 Å². The average Bonchev–Trinajstić information content (AvgIpc) is 2.99. The highest BCUT2D eigenvalue weighted by molar-refractivity contribution is 5.94. The van der Waals surface area contributed by atoms with E-state index in [1.165, 1.54) is 12.1 Å². The van der Waals surface area contributed by atoms with Gasteiger partial charge in [-0.15, -0.1) is 0 Å². The number of nitrogens with zero attached hydrogens (tertiary/aromatic N) is 1. The molecular formula is C30H44N8O6. The Balaban J connectivity index is 2.21. The molecule has 0 bridgehead atoms. The second kappa shape index (κ2) is 18.8. The number of carbonyl (C=O) groups is 4. The molecular weight excluding hydrogens is 568 g/mol. The molecule has 0 fully saturated rings. The Hall–Kier alpha value is -4.69. The standard InChI is InChI=1S/C30H44N8O6/c31-15-5-4-10-23(27(41)38-25(29(43)44)18-19-7-2-1-3-8-19)36-28(42)24(17-20-11-13-21(39)14-12-20)37-26(40)22(32)9-6-16-35-30(33)34/h1-3,7-8,11-14,22-25,39H,4-6,9-10,15-18,31-32H2,(H,36,42)(H,37,40)(H,38,41)(H,43,44)(H4,33,34,35)/t22-,23+,24+,25+/m1/s1. The smallest absolute Gasteiger partial charge is 0.326 e. The van der Waals surface area contributed by atoms with Crippen LogP contribution in [0, 0.1) is 0 Å². The summed E-state index contributed by atoms with van der Waals surface area (Å²) in [4.78, 5) is 55.7. The molecule has 44 heavy (non-hydrogen) atoms. The second-order valence-electron chi connectivity index (χ2n) is 10.4. The lowest BCUT2D eigenvalue weighted by Crippen LogP contribution is -2.57. The number of phenols is 1. The van der Waals surface area contributed by atoms with Crippen LogP contribution in [0.4, 0.5) is 0 Å².